The number of alkyl halides is 3. The Morgan fingerprint density at radius 1 is 0.952 bits per heavy atom. The number of carboxylic acids is 1. The van der Waals surface area contributed by atoms with Crippen molar-refractivity contribution in [1.29, 1.82) is 0 Å². The van der Waals surface area contributed by atoms with Gasteiger partial charge in [-0.2, -0.15) is 18.3 Å². The van der Waals surface area contributed by atoms with E-state index >= 15 is 0 Å². The Kier molecular flexibility index (Phi) is 8.95. The molecule has 0 aliphatic heterocycles. The molecule has 0 spiro atoms. The molecule has 224 valence electrons. The van der Waals surface area contributed by atoms with Crippen molar-refractivity contribution in [2.75, 3.05) is 6.54 Å². The van der Waals surface area contributed by atoms with Crippen LogP contribution in [-0.2, 0) is 17.5 Å². The van der Waals surface area contributed by atoms with Gasteiger partial charge in [0, 0.05) is 18.7 Å². The summed E-state index contributed by atoms with van der Waals surface area (Å²) >= 11 is 5.81. The maximum absolute atomic E-state index is 14.4. The van der Waals surface area contributed by atoms with Gasteiger partial charge in [-0.05, 0) is 49.4 Å². The van der Waals surface area contributed by atoms with E-state index in [0.717, 1.165) is 12.1 Å². The number of benzene rings is 2. The smallest absolute Gasteiger partial charge is 0.433 e. The first-order valence-electron chi connectivity index (χ1n) is 12.4. The van der Waals surface area contributed by atoms with Gasteiger partial charge in [0.15, 0.2) is 11.5 Å². The standard InChI is InChI=1S/C27H21ClF7N3O4/c28-20-8-17(31)9-21(32)23(20)22(39)12-37(11-13-5-15(29)7-16(30)6-13)25(40)19-10-36-38(24(19)27(33,34)35)18-3-1-14(2-4-18)26(41)42/h5-10,14,18H,1-4,11-12H2,(H,41,42). The van der Waals surface area contributed by atoms with Crippen LogP contribution in [0.4, 0.5) is 30.7 Å². The van der Waals surface area contributed by atoms with E-state index in [0.29, 0.717) is 34.0 Å². The Morgan fingerprint density at radius 2 is 1.55 bits per heavy atom. The Balaban J connectivity index is 1.73. The van der Waals surface area contributed by atoms with Crippen LogP contribution in [0.2, 0.25) is 5.02 Å². The number of aromatic nitrogens is 2. The summed E-state index contributed by atoms with van der Waals surface area (Å²) in [6.45, 7) is -1.89. The first-order chi connectivity index (χ1) is 19.6. The zero-order valence-electron chi connectivity index (χ0n) is 21.4. The van der Waals surface area contributed by atoms with Crippen molar-refractivity contribution in [3.8, 4) is 0 Å². The minimum atomic E-state index is -5.14. The Labute approximate surface area is 238 Å². The first-order valence-corrected chi connectivity index (χ1v) is 12.8. The fourth-order valence-electron chi connectivity index (χ4n) is 5.00. The highest BCUT2D eigenvalue weighted by Crippen LogP contribution is 2.39. The highest BCUT2D eigenvalue weighted by atomic mass is 35.5. The zero-order chi connectivity index (χ0) is 30.9. The van der Waals surface area contributed by atoms with Crippen LogP contribution in [0.25, 0.3) is 0 Å². The van der Waals surface area contributed by atoms with Gasteiger partial charge in [-0.15, -0.1) is 0 Å². The number of carboxylic acid groups (broad SMARTS) is 1. The maximum Gasteiger partial charge on any atom is 0.433 e. The van der Waals surface area contributed by atoms with E-state index in [4.69, 9.17) is 11.6 Å². The van der Waals surface area contributed by atoms with E-state index < -0.39 is 94.0 Å². The minimum absolute atomic E-state index is 0.0302. The van der Waals surface area contributed by atoms with Gasteiger partial charge in [0.05, 0.1) is 40.9 Å². The molecule has 1 aliphatic rings. The molecule has 1 fully saturated rings. The number of aliphatic carboxylic acids is 1. The topological polar surface area (TPSA) is 92.5 Å². The summed E-state index contributed by atoms with van der Waals surface area (Å²) in [6, 6.07) is 2.16. The number of hydrogen-bond donors (Lipinski definition) is 1. The third kappa shape index (κ3) is 6.75. The second kappa shape index (κ2) is 12.1. The Morgan fingerprint density at radius 3 is 2.10 bits per heavy atom. The molecule has 1 N–H and O–H groups in total. The summed E-state index contributed by atoms with van der Waals surface area (Å²) in [5, 5.41) is 12.3. The van der Waals surface area contributed by atoms with E-state index in [-0.39, 0.29) is 31.2 Å². The highest BCUT2D eigenvalue weighted by Gasteiger charge is 2.43. The lowest BCUT2D eigenvalue weighted by Gasteiger charge is -2.28. The number of carbonyl (C=O) groups is 3. The lowest BCUT2D eigenvalue weighted by molar-refractivity contribution is -0.147. The number of Topliss-reactive ketones (excluding diaryl/α,β-unsaturated/α-hetero) is 1. The van der Waals surface area contributed by atoms with Crippen molar-refractivity contribution in [3.05, 3.63) is 87.2 Å². The number of hydrogen-bond acceptors (Lipinski definition) is 4. The number of halogens is 8. The molecule has 7 nitrogen and oxygen atoms in total. The summed E-state index contributed by atoms with van der Waals surface area (Å²) in [7, 11) is 0. The fraction of sp³-hybridized carbons (Fsp3) is 0.333. The van der Waals surface area contributed by atoms with Crippen LogP contribution in [-0.4, -0.2) is 44.0 Å². The van der Waals surface area contributed by atoms with Crippen molar-refractivity contribution in [2.24, 2.45) is 5.92 Å². The molecule has 0 radical (unpaired) electrons. The first kappa shape index (κ1) is 31.0. The summed E-state index contributed by atoms with van der Waals surface area (Å²) < 4.78 is 99.3. The third-order valence-corrected chi connectivity index (χ3v) is 7.19. The van der Waals surface area contributed by atoms with Crippen molar-refractivity contribution in [2.45, 2.75) is 44.4 Å². The molecule has 1 saturated carbocycles. The monoisotopic (exact) mass is 619 g/mol. The molecular weight excluding hydrogens is 599 g/mol. The third-order valence-electron chi connectivity index (χ3n) is 6.89. The number of nitrogens with zero attached hydrogens (tertiary/aromatic N) is 3. The minimum Gasteiger partial charge on any atom is -0.481 e. The average molecular weight is 620 g/mol. The molecule has 0 saturated heterocycles. The predicted molar refractivity (Wildman–Crippen MR) is 133 cm³/mol. The van der Waals surface area contributed by atoms with Gasteiger partial charge in [0.1, 0.15) is 23.3 Å². The average Bonchev–Trinajstić information content (AvgIpc) is 3.33. The van der Waals surface area contributed by atoms with Gasteiger partial charge < -0.3 is 10.0 Å². The number of amides is 1. The van der Waals surface area contributed by atoms with Gasteiger partial charge in [0.25, 0.3) is 5.91 Å². The van der Waals surface area contributed by atoms with Crippen molar-refractivity contribution in [1.82, 2.24) is 14.7 Å². The molecule has 3 aromatic rings. The van der Waals surface area contributed by atoms with E-state index in [1.54, 1.807) is 0 Å². The summed E-state index contributed by atoms with van der Waals surface area (Å²) in [4.78, 5) is 38.4. The van der Waals surface area contributed by atoms with Crippen molar-refractivity contribution < 1.29 is 50.2 Å². The Bertz CT molecular complexity index is 1490. The molecule has 4 rings (SSSR count). The molecule has 1 aliphatic carbocycles. The van der Waals surface area contributed by atoms with Crippen LogP contribution >= 0.6 is 11.6 Å². The summed E-state index contributed by atoms with van der Waals surface area (Å²) in [5.74, 6) is -9.12. The molecule has 1 amide bonds. The van der Waals surface area contributed by atoms with Crippen molar-refractivity contribution in [3.63, 3.8) is 0 Å². The fourth-order valence-corrected chi connectivity index (χ4v) is 5.30. The summed E-state index contributed by atoms with van der Waals surface area (Å²) in [5.41, 5.74) is -3.56. The van der Waals surface area contributed by atoms with E-state index in [1.807, 2.05) is 0 Å². The number of rotatable bonds is 8. The van der Waals surface area contributed by atoms with Crippen LogP contribution in [0.3, 0.4) is 0 Å². The van der Waals surface area contributed by atoms with Gasteiger partial charge >= 0.3 is 12.1 Å². The molecule has 0 unspecified atom stereocenters. The quantitative estimate of drug-likeness (QED) is 0.231. The van der Waals surface area contributed by atoms with Gasteiger partial charge in [0.2, 0.25) is 0 Å². The molecule has 1 aromatic heterocycles. The number of carbonyl (C=O) groups excluding carboxylic acids is 2. The van der Waals surface area contributed by atoms with Crippen molar-refractivity contribution >= 4 is 29.3 Å². The molecule has 0 bridgehead atoms. The van der Waals surface area contributed by atoms with E-state index in [1.165, 1.54) is 0 Å². The summed E-state index contributed by atoms with van der Waals surface area (Å²) in [6.07, 6.45) is -4.29. The SMILES string of the molecule is O=C(CN(Cc1cc(F)cc(F)c1)C(=O)c1cnn(C2CCC(C(=O)O)CC2)c1C(F)(F)F)c1c(F)cc(F)cc1Cl. The molecule has 42 heavy (non-hydrogen) atoms. The normalized spacial score (nSPS) is 17.2. The van der Waals surface area contributed by atoms with Gasteiger partial charge in [-0.1, -0.05) is 11.6 Å². The predicted octanol–water partition coefficient (Wildman–Crippen LogP) is 6.45. The lowest BCUT2D eigenvalue weighted by Crippen LogP contribution is -2.37. The molecule has 0 atom stereocenters. The maximum atomic E-state index is 14.4. The van der Waals surface area contributed by atoms with Crippen LogP contribution in [0, 0.1) is 29.2 Å². The lowest BCUT2D eigenvalue weighted by atomic mass is 9.86. The zero-order valence-corrected chi connectivity index (χ0v) is 22.2. The van der Waals surface area contributed by atoms with Crippen LogP contribution in [0.5, 0.6) is 0 Å². The van der Waals surface area contributed by atoms with Gasteiger partial charge in [-0.25, -0.2) is 17.6 Å². The largest absolute Gasteiger partial charge is 0.481 e. The second-order valence-corrected chi connectivity index (χ2v) is 10.2. The molecule has 15 heteroatoms. The molecule has 1 heterocycles. The second-order valence-electron chi connectivity index (χ2n) is 9.80. The van der Waals surface area contributed by atoms with Gasteiger partial charge in [-0.3, -0.25) is 19.1 Å². The molecular formula is C27H21ClF7N3O4. The Hall–Kier alpha value is -3.94. The van der Waals surface area contributed by atoms with E-state index in [2.05, 4.69) is 5.10 Å². The highest BCUT2D eigenvalue weighted by molar-refractivity contribution is 6.34. The number of ketones is 1. The van der Waals surface area contributed by atoms with Crippen LogP contribution in [0.1, 0.15) is 63.7 Å². The molecule has 2 aromatic carbocycles. The van der Waals surface area contributed by atoms with Crippen LogP contribution < -0.4 is 0 Å². The van der Waals surface area contributed by atoms with Crippen LogP contribution in [0.15, 0.2) is 36.5 Å². The van der Waals surface area contributed by atoms with E-state index in [9.17, 15) is 50.2 Å².